The van der Waals surface area contributed by atoms with E-state index >= 15 is 0 Å². The molecule has 1 atom stereocenters. The van der Waals surface area contributed by atoms with Gasteiger partial charge in [-0.2, -0.15) is 0 Å². The Morgan fingerprint density at radius 3 is 3.00 bits per heavy atom. The highest BCUT2D eigenvalue weighted by Gasteiger charge is 2.28. The van der Waals surface area contributed by atoms with Gasteiger partial charge in [0.25, 0.3) is 0 Å². The topological polar surface area (TPSA) is 83.8 Å². The van der Waals surface area contributed by atoms with Crippen LogP contribution in [0.1, 0.15) is 11.6 Å². The maximum absolute atomic E-state index is 11.5. The zero-order valence-corrected chi connectivity index (χ0v) is 11.5. The van der Waals surface area contributed by atoms with Crippen LogP contribution in [-0.4, -0.2) is 15.9 Å². The summed E-state index contributed by atoms with van der Waals surface area (Å²) in [7, 11) is 0. The number of hydrogen-bond donors (Lipinski definition) is 3. The number of anilines is 1. The number of hydrogen-bond acceptors (Lipinski definition) is 4. The third-order valence-corrected chi connectivity index (χ3v) is 4.55. The lowest BCUT2D eigenvalue weighted by atomic mass is 10.1. The summed E-state index contributed by atoms with van der Waals surface area (Å²) in [5, 5.41) is 3.56. The molecule has 1 unspecified atom stereocenters. The number of carbonyl (C=O) groups is 1. The molecule has 1 aliphatic heterocycles. The van der Waals surface area contributed by atoms with Gasteiger partial charge in [-0.1, -0.05) is 11.8 Å². The average Bonchev–Trinajstić information content (AvgIpc) is 2.92. The van der Waals surface area contributed by atoms with Gasteiger partial charge in [-0.05, 0) is 28.1 Å². The molecule has 3 rings (SSSR count). The van der Waals surface area contributed by atoms with Gasteiger partial charge in [0.05, 0.1) is 0 Å². The maximum atomic E-state index is 11.5. The zero-order chi connectivity index (χ0) is 12.7. The van der Waals surface area contributed by atoms with Crippen molar-refractivity contribution in [3.8, 4) is 0 Å². The van der Waals surface area contributed by atoms with Gasteiger partial charge in [-0.15, -0.1) is 0 Å². The standard InChI is InChI=1S/C11H9BrN4OS/c12-6-3-5-7(16-10(17)9(5)13)4-8(6)18-11-14-1-2-15-11/h1-4,9H,13H2,(H,14,15)(H,16,17). The predicted octanol–water partition coefficient (Wildman–Crippen LogP) is 2.28. The zero-order valence-electron chi connectivity index (χ0n) is 9.11. The first-order valence-corrected chi connectivity index (χ1v) is 6.83. The number of H-pyrrole nitrogens is 1. The second-order valence-electron chi connectivity index (χ2n) is 3.83. The Morgan fingerprint density at radius 1 is 1.44 bits per heavy atom. The number of amides is 1. The number of aromatic nitrogens is 2. The fourth-order valence-corrected chi connectivity index (χ4v) is 3.16. The van der Waals surface area contributed by atoms with Gasteiger partial charge in [-0.3, -0.25) is 4.79 Å². The summed E-state index contributed by atoms with van der Waals surface area (Å²) in [6.07, 6.45) is 3.46. The van der Waals surface area contributed by atoms with E-state index < -0.39 is 6.04 Å². The first-order valence-electron chi connectivity index (χ1n) is 5.22. The van der Waals surface area contributed by atoms with Gasteiger partial charge in [0.15, 0.2) is 5.16 Å². The number of nitrogens with zero attached hydrogens (tertiary/aromatic N) is 1. The number of nitrogens with two attached hydrogens (primary N) is 1. The molecule has 1 amide bonds. The first kappa shape index (κ1) is 11.8. The predicted molar refractivity (Wildman–Crippen MR) is 72.4 cm³/mol. The van der Waals surface area contributed by atoms with Gasteiger partial charge in [-0.25, -0.2) is 4.98 Å². The van der Waals surface area contributed by atoms with E-state index in [0.29, 0.717) is 0 Å². The van der Waals surface area contributed by atoms with Crippen LogP contribution in [0.25, 0.3) is 0 Å². The molecule has 0 aliphatic carbocycles. The molecular weight excluding hydrogens is 316 g/mol. The SMILES string of the molecule is NC1C(=O)Nc2cc(Sc3ncc[nH]3)c(Br)cc21. The quantitative estimate of drug-likeness (QED) is 0.791. The highest BCUT2D eigenvalue weighted by Crippen LogP contribution is 2.39. The Bertz CT molecular complexity index is 614. The van der Waals surface area contributed by atoms with Crippen LogP contribution in [-0.2, 0) is 4.79 Å². The van der Waals surface area contributed by atoms with Crippen molar-refractivity contribution in [2.24, 2.45) is 5.73 Å². The number of carbonyl (C=O) groups excluding carboxylic acids is 1. The van der Waals surface area contributed by atoms with Crippen LogP contribution >= 0.6 is 27.7 Å². The molecule has 1 aromatic heterocycles. The molecule has 7 heteroatoms. The lowest BCUT2D eigenvalue weighted by Gasteiger charge is -2.07. The molecule has 0 radical (unpaired) electrons. The molecule has 92 valence electrons. The van der Waals surface area contributed by atoms with E-state index in [-0.39, 0.29) is 5.91 Å². The van der Waals surface area contributed by atoms with Gasteiger partial charge in [0, 0.05) is 33.0 Å². The summed E-state index contributed by atoms with van der Waals surface area (Å²) in [5.74, 6) is -0.169. The van der Waals surface area contributed by atoms with Crippen molar-refractivity contribution in [2.45, 2.75) is 16.1 Å². The molecule has 0 spiro atoms. The van der Waals surface area contributed by atoms with Crippen molar-refractivity contribution in [3.05, 3.63) is 34.6 Å². The Hall–Kier alpha value is -1.31. The summed E-state index contributed by atoms with van der Waals surface area (Å²) in [4.78, 5) is 19.6. The number of aromatic amines is 1. The number of benzene rings is 1. The van der Waals surface area contributed by atoms with E-state index in [4.69, 9.17) is 5.73 Å². The highest BCUT2D eigenvalue weighted by atomic mass is 79.9. The number of imidazole rings is 1. The minimum absolute atomic E-state index is 0.169. The minimum atomic E-state index is -0.584. The maximum Gasteiger partial charge on any atom is 0.245 e. The van der Waals surface area contributed by atoms with Gasteiger partial charge in [0.1, 0.15) is 6.04 Å². The third kappa shape index (κ3) is 1.94. The van der Waals surface area contributed by atoms with Crippen LogP contribution in [0.2, 0.25) is 0 Å². The van der Waals surface area contributed by atoms with E-state index in [9.17, 15) is 4.79 Å². The van der Waals surface area contributed by atoms with Crippen molar-refractivity contribution >= 4 is 39.3 Å². The van der Waals surface area contributed by atoms with Crippen LogP contribution in [0.4, 0.5) is 5.69 Å². The number of fused-ring (bicyclic) bond motifs is 1. The van der Waals surface area contributed by atoms with Crippen molar-refractivity contribution in [3.63, 3.8) is 0 Å². The Balaban J connectivity index is 1.98. The minimum Gasteiger partial charge on any atom is -0.339 e. The van der Waals surface area contributed by atoms with E-state index in [1.165, 1.54) is 11.8 Å². The van der Waals surface area contributed by atoms with Crippen molar-refractivity contribution in [2.75, 3.05) is 5.32 Å². The lowest BCUT2D eigenvalue weighted by Crippen LogP contribution is -2.19. The largest absolute Gasteiger partial charge is 0.339 e. The summed E-state index contributed by atoms with van der Waals surface area (Å²) in [5.41, 5.74) is 7.37. The van der Waals surface area contributed by atoms with Gasteiger partial charge in [0.2, 0.25) is 5.91 Å². The Kier molecular flexibility index (Phi) is 2.89. The van der Waals surface area contributed by atoms with Crippen molar-refractivity contribution in [1.82, 2.24) is 9.97 Å². The number of halogens is 1. The van der Waals surface area contributed by atoms with Crippen LogP contribution in [0, 0.1) is 0 Å². The molecule has 1 aromatic carbocycles. The molecule has 0 fully saturated rings. The fourth-order valence-electron chi connectivity index (χ4n) is 1.78. The van der Waals surface area contributed by atoms with Crippen LogP contribution in [0.3, 0.4) is 0 Å². The first-order chi connectivity index (χ1) is 8.65. The summed E-state index contributed by atoms with van der Waals surface area (Å²) >= 11 is 4.97. The summed E-state index contributed by atoms with van der Waals surface area (Å²) in [6, 6.07) is 3.19. The highest BCUT2D eigenvalue weighted by molar-refractivity contribution is 9.10. The van der Waals surface area contributed by atoms with Gasteiger partial charge < -0.3 is 16.0 Å². The number of rotatable bonds is 2. The second-order valence-corrected chi connectivity index (χ2v) is 5.72. The molecule has 4 N–H and O–H groups in total. The molecular formula is C11H9BrN4OS. The Morgan fingerprint density at radius 2 is 2.28 bits per heavy atom. The smallest absolute Gasteiger partial charge is 0.245 e. The van der Waals surface area contributed by atoms with E-state index in [2.05, 4.69) is 31.2 Å². The molecule has 0 bridgehead atoms. The summed E-state index contributed by atoms with van der Waals surface area (Å²) in [6.45, 7) is 0. The number of nitrogens with one attached hydrogen (secondary N) is 2. The molecule has 2 aromatic rings. The normalized spacial score (nSPS) is 17.7. The van der Waals surface area contributed by atoms with Crippen molar-refractivity contribution in [1.29, 1.82) is 0 Å². The average molecular weight is 325 g/mol. The second kappa shape index (κ2) is 4.42. The molecule has 1 aliphatic rings. The Labute approximate surface area is 116 Å². The molecule has 2 heterocycles. The van der Waals surface area contributed by atoms with Crippen molar-refractivity contribution < 1.29 is 4.79 Å². The molecule has 0 saturated heterocycles. The summed E-state index contributed by atoms with van der Waals surface area (Å²) < 4.78 is 0.898. The van der Waals surface area contributed by atoms with Crippen LogP contribution in [0.15, 0.2) is 39.1 Å². The van der Waals surface area contributed by atoms with E-state index in [1.807, 2.05) is 12.1 Å². The third-order valence-electron chi connectivity index (χ3n) is 2.66. The molecule has 18 heavy (non-hydrogen) atoms. The van der Waals surface area contributed by atoms with Gasteiger partial charge >= 0.3 is 0 Å². The van der Waals surface area contributed by atoms with E-state index in [1.54, 1.807) is 12.4 Å². The fraction of sp³-hybridized carbons (Fsp3) is 0.0909. The van der Waals surface area contributed by atoms with E-state index in [0.717, 1.165) is 25.8 Å². The lowest BCUT2D eigenvalue weighted by molar-refractivity contribution is -0.116. The van der Waals surface area contributed by atoms with Crippen LogP contribution in [0.5, 0.6) is 0 Å². The molecule has 5 nitrogen and oxygen atoms in total. The molecule has 0 saturated carbocycles. The van der Waals surface area contributed by atoms with Crippen LogP contribution < -0.4 is 11.1 Å². The monoisotopic (exact) mass is 324 g/mol.